The summed E-state index contributed by atoms with van der Waals surface area (Å²) >= 11 is 0. The van der Waals surface area contributed by atoms with Gasteiger partial charge in [0, 0.05) is 13.1 Å². The summed E-state index contributed by atoms with van der Waals surface area (Å²) < 4.78 is 0. The second kappa shape index (κ2) is 5.48. The van der Waals surface area contributed by atoms with Crippen LogP contribution in [0, 0.1) is 6.92 Å². The fraction of sp³-hybridized carbons (Fsp3) is 0.385. The molecule has 0 spiro atoms. The van der Waals surface area contributed by atoms with Gasteiger partial charge in [-0.2, -0.15) is 5.10 Å². The number of aryl methyl sites for hydroxylation is 1. The summed E-state index contributed by atoms with van der Waals surface area (Å²) in [7, 11) is 0. The Bertz CT molecular complexity index is 431. The van der Waals surface area contributed by atoms with E-state index >= 15 is 0 Å². The predicted octanol–water partition coefficient (Wildman–Crippen LogP) is 1.66. The van der Waals surface area contributed by atoms with Crippen LogP contribution in [0.25, 0.3) is 0 Å². The summed E-state index contributed by atoms with van der Waals surface area (Å²) in [4.78, 5) is 4.30. The summed E-state index contributed by atoms with van der Waals surface area (Å²) in [5.74, 6) is 0.766. The van der Waals surface area contributed by atoms with Crippen LogP contribution >= 0.6 is 0 Å². The fourth-order valence-electron chi connectivity index (χ4n) is 1.60. The van der Waals surface area contributed by atoms with E-state index in [0.717, 1.165) is 36.7 Å². The highest BCUT2D eigenvalue weighted by Gasteiger charge is 2.02. The van der Waals surface area contributed by atoms with Crippen LogP contribution in [0.1, 0.15) is 24.5 Å². The zero-order valence-corrected chi connectivity index (χ0v) is 10.3. The van der Waals surface area contributed by atoms with Crippen LogP contribution in [-0.4, -0.2) is 24.8 Å². The minimum atomic E-state index is 0.766. The molecule has 0 fully saturated rings. The van der Waals surface area contributed by atoms with Crippen LogP contribution in [0.5, 0.6) is 0 Å². The van der Waals surface area contributed by atoms with Crippen LogP contribution in [0.3, 0.4) is 0 Å². The molecule has 0 bridgehead atoms. The first-order valence-electron chi connectivity index (χ1n) is 5.91. The lowest BCUT2D eigenvalue weighted by molar-refractivity contribution is 0.711. The van der Waals surface area contributed by atoms with E-state index in [0.29, 0.717) is 0 Å². The molecule has 2 N–H and O–H groups in total. The molecule has 4 heteroatoms. The smallest absolute Gasteiger partial charge is 0.212 e. The number of hydrogen-bond acceptors (Lipinski definition) is 4. The van der Waals surface area contributed by atoms with Gasteiger partial charge >= 0.3 is 0 Å². The molecule has 1 aliphatic heterocycles. The minimum Gasteiger partial charge on any atom is -0.355 e. The molecule has 2 rings (SSSR count). The summed E-state index contributed by atoms with van der Waals surface area (Å²) in [6, 6.07) is 8.33. The Hall–Kier alpha value is -1.84. The molecule has 0 amide bonds. The van der Waals surface area contributed by atoms with Crippen molar-refractivity contribution >= 4 is 11.7 Å². The fourth-order valence-corrected chi connectivity index (χ4v) is 1.60. The number of guanidine groups is 1. The third-order valence-corrected chi connectivity index (χ3v) is 2.70. The van der Waals surface area contributed by atoms with Crippen molar-refractivity contribution in [1.82, 2.24) is 10.7 Å². The number of nitrogens with zero attached hydrogens (tertiary/aromatic N) is 2. The predicted molar refractivity (Wildman–Crippen MR) is 71.4 cm³/mol. The monoisotopic (exact) mass is 230 g/mol. The first kappa shape index (κ1) is 11.6. The summed E-state index contributed by atoms with van der Waals surface area (Å²) in [6.07, 6.45) is 1.09. The molecule has 4 nitrogen and oxygen atoms in total. The molecule has 1 aromatic carbocycles. The van der Waals surface area contributed by atoms with Gasteiger partial charge in [-0.15, -0.1) is 0 Å². The van der Waals surface area contributed by atoms with Gasteiger partial charge in [0.1, 0.15) is 0 Å². The number of benzene rings is 1. The Morgan fingerprint density at radius 2 is 2.12 bits per heavy atom. The Labute approximate surface area is 102 Å². The second-order valence-electron chi connectivity index (χ2n) is 4.19. The van der Waals surface area contributed by atoms with Crippen molar-refractivity contribution in [2.24, 2.45) is 10.1 Å². The maximum atomic E-state index is 4.32. The molecule has 1 aromatic rings. The van der Waals surface area contributed by atoms with Gasteiger partial charge in [-0.25, -0.2) is 5.43 Å². The van der Waals surface area contributed by atoms with E-state index < -0.39 is 0 Å². The molecule has 1 heterocycles. The van der Waals surface area contributed by atoms with Gasteiger partial charge in [0.15, 0.2) is 0 Å². The second-order valence-corrected chi connectivity index (χ2v) is 4.19. The molecule has 0 atom stereocenters. The van der Waals surface area contributed by atoms with Crippen molar-refractivity contribution in [1.29, 1.82) is 0 Å². The molecule has 17 heavy (non-hydrogen) atoms. The van der Waals surface area contributed by atoms with Crippen LogP contribution in [0.15, 0.2) is 34.4 Å². The van der Waals surface area contributed by atoms with E-state index in [1.54, 1.807) is 0 Å². The highest BCUT2D eigenvalue weighted by atomic mass is 15.4. The van der Waals surface area contributed by atoms with Crippen LogP contribution in [0.2, 0.25) is 0 Å². The van der Waals surface area contributed by atoms with Crippen molar-refractivity contribution < 1.29 is 0 Å². The summed E-state index contributed by atoms with van der Waals surface area (Å²) in [5.41, 5.74) is 6.30. The van der Waals surface area contributed by atoms with Gasteiger partial charge in [-0.05, 0) is 25.8 Å². The van der Waals surface area contributed by atoms with Crippen LogP contribution in [0.4, 0.5) is 0 Å². The SMILES string of the molecule is C/C(=N\NC1=NCCCN1)c1ccc(C)cc1. The number of hydrogen-bond donors (Lipinski definition) is 2. The van der Waals surface area contributed by atoms with Gasteiger partial charge < -0.3 is 5.32 Å². The average molecular weight is 230 g/mol. The molecule has 0 saturated carbocycles. The Morgan fingerprint density at radius 1 is 1.35 bits per heavy atom. The van der Waals surface area contributed by atoms with E-state index in [9.17, 15) is 0 Å². The van der Waals surface area contributed by atoms with E-state index in [4.69, 9.17) is 0 Å². The lowest BCUT2D eigenvalue weighted by Gasteiger charge is -2.13. The quantitative estimate of drug-likeness (QED) is 0.599. The standard InChI is InChI=1S/C13H18N4/c1-10-4-6-12(7-5-10)11(2)16-17-13-14-8-3-9-15-13/h4-7H,3,8-9H2,1-2H3,(H2,14,15,17)/b16-11+. The molecule has 90 valence electrons. The molecule has 1 aliphatic rings. The van der Waals surface area contributed by atoms with Gasteiger partial charge in [-0.3, -0.25) is 4.99 Å². The normalized spacial score (nSPS) is 16.1. The zero-order valence-electron chi connectivity index (χ0n) is 10.3. The van der Waals surface area contributed by atoms with Crippen molar-refractivity contribution in [3.63, 3.8) is 0 Å². The molecule has 0 aromatic heterocycles. The zero-order chi connectivity index (χ0) is 12.1. The van der Waals surface area contributed by atoms with Gasteiger partial charge in [0.2, 0.25) is 5.96 Å². The maximum absolute atomic E-state index is 4.32. The largest absolute Gasteiger partial charge is 0.355 e. The first-order valence-corrected chi connectivity index (χ1v) is 5.91. The molecule has 0 aliphatic carbocycles. The first-order chi connectivity index (χ1) is 8.25. The number of aliphatic imine (C=N–C) groups is 1. The van der Waals surface area contributed by atoms with Crippen LogP contribution < -0.4 is 10.7 Å². The van der Waals surface area contributed by atoms with E-state index in [1.807, 2.05) is 6.92 Å². The maximum Gasteiger partial charge on any atom is 0.212 e. The number of nitrogens with one attached hydrogen (secondary N) is 2. The molecular weight excluding hydrogens is 212 g/mol. The van der Waals surface area contributed by atoms with Gasteiger partial charge in [-0.1, -0.05) is 29.8 Å². The lowest BCUT2D eigenvalue weighted by Crippen LogP contribution is -2.38. The topological polar surface area (TPSA) is 48.8 Å². The average Bonchev–Trinajstić information content (AvgIpc) is 2.38. The van der Waals surface area contributed by atoms with Gasteiger partial charge in [0.25, 0.3) is 0 Å². The van der Waals surface area contributed by atoms with E-state index in [1.165, 1.54) is 5.56 Å². The van der Waals surface area contributed by atoms with E-state index in [-0.39, 0.29) is 0 Å². The lowest BCUT2D eigenvalue weighted by atomic mass is 10.1. The Balaban J connectivity index is 2.01. The summed E-state index contributed by atoms with van der Waals surface area (Å²) in [6.45, 7) is 5.90. The van der Waals surface area contributed by atoms with Crippen molar-refractivity contribution in [3.8, 4) is 0 Å². The number of rotatable bonds is 2. The molecule has 0 radical (unpaired) electrons. The molecular formula is C13H18N4. The van der Waals surface area contributed by atoms with E-state index in [2.05, 4.69) is 52.0 Å². The minimum absolute atomic E-state index is 0.766. The van der Waals surface area contributed by atoms with Crippen molar-refractivity contribution in [2.75, 3.05) is 13.1 Å². The molecule has 0 unspecified atom stereocenters. The van der Waals surface area contributed by atoms with Crippen molar-refractivity contribution in [2.45, 2.75) is 20.3 Å². The van der Waals surface area contributed by atoms with Crippen LogP contribution in [-0.2, 0) is 0 Å². The van der Waals surface area contributed by atoms with Gasteiger partial charge in [0.05, 0.1) is 5.71 Å². The Morgan fingerprint density at radius 3 is 2.76 bits per heavy atom. The highest BCUT2D eigenvalue weighted by Crippen LogP contribution is 2.04. The third-order valence-electron chi connectivity index (χ3n) is 2.70. The Kier molecular flexibility index (Phi) is 3.75. The summed E-state index contributed by atoms with van der Waals surface area (Å²) in [5, 5.41) is 7.49. The number of hydrazone groups is 1. The highest BCUT2D eigenvalue weighted by molar-refractivity contribution is 5.99. The third kappa shape index (κ3) is 3.31. The van der Waals surface area contributed by atoms with Crippen molar-refractivity contribution in [3.05, 3.63) is 35.4 Å². The molecule has 0 saturated heterocycles.